The zero-order valence-electron chi connectivity index (χ0n) is 28.4. The molecule has 2 N–H and O–H groups in total. The summed E-state index contributed by atoms with van der Waals surface area (Å²) < 4.78 is 7.44. The van der Waals surface area contributed by atoms with E-state index in [0.29, 0.717) is 12.2 Å². The van der Waals surface area contributed by atoms with Crippen LogP contribution in [0.15, 0.2) is 102 Å². The lowest BCUT2D eigenvalue weighted by Gasteiger charge is -2.70. The number of benzene rings is 3. The van der Waals surface area contributed by atoms with Crippen molar-refractivity contribution in [2.45, 2.75) is 87.9 Å². The van der Waals surface area contributed by atoms with Crippen molar-refractivity contribution in [3.8, 4) is 5.69 Å². The van der Waals surface area contributed by atoms with E-state index in [1.165, 1.54) is 0 Å². The molecule has 3 aliphatic carbocycles. The number of nitrogens with zero attached hydrogens (tertiary/aromatic N) is 3. The Balaban J connectivity index is 0.960. The lowest BCUT2D eigenvalue weighted by molar-refractivity contribution is -0.0884. The smallest absolute Gasteiger partial charge is 0.410 e. The lowest BCUT2D eigenvalue weighted by Crippen LogP contribution is -2.76. The largest absolute Gasteiger partial charge is 0.445 e. The number of ketones is 1. The number of amides is 1. The molecule has 2 atom stereocenters. The Morgan fingerprint density at radius 2 is 1.68 bits per heavy atom. The molecule has 1 aliphatic heterocycles. The van der Waals surface area contributed by atoms with Crippen LogP contribution < -0.4 is 11.0 Å². The minimum absolute atomic E-state index is 0.00359. The molecular formula is C41H43N5O4. The number of piperidine rings is 1. The highest BCUT2D eigenvalue weighted by Crippen LogP contribution is 2.67. The van der Waals surface area contributed by atoms with Crippen molar-refractivity contribution in [1.82, 2.24) is 24.8 Å². The van der Waals surface area contributed by atoms with E-state index < -0.39 is 0 Å². The molecule has 0 spiro atoms. The average molecular weight is 670 g/mol. The van der Waals surface area contributed by atoms with E-state index in [9.17, 15) is 14.4 Å². The Hall–Kier alpha value is -5.02. The number of Topliss-reactive ketones (excluding diaryl/α,β-unsaturated/α-hetero) is 1. The van der Waals surface area contributed by atoms with Gasteiger partial charge in [-0.1, -0.05) is 86.1 Å². The van der Waals surface area contributed by atoms with E-state index in [1.54, 1.807) is 4.57 Å². The number of carbonyl (C=O) groups excluding carboxylic acids is 2. The second-order valence-corrected chi connectivity index (χ2v) is 14.5. The molecule has 4 fully saturated rings. The zero-order chi connectivity index (χ0) is 34.3. The topological polar surface area (TPSA) is 109 Å². The predicted octanol–water partition coefficient (Wildman–Crippen LogP) is 7.39. The Bertz CT molecular complexity index is 2050. The maximum atomic E-state index is 13.6. The predicted molar refractivity (Wildman–Crippen MR) is 192 cm³/mol. The van der Waals surface area contributed by atoms with Gasteiger partial charge in [0, 0.05) is 39.8 Å². The fraction of sp³-hybridized carbons (Fsp3) is 0.366. The number of aromatic nitrogens is 3. The standard InChI is InChI=1S/C41H43N5O4/c1-2-10-33-15-9-16-34(46(33)39(49)50-24-28-11-5-3-6-12-28)29-17-19-32(20-18-29)45-23-31-21-36(43-37(31)44-38(45)48)40-25-41(26-40,27-40)42-22-35(47)30-13-7-4-8-14-30/h3-8,11-14,17-21,23,33-34,42H,2,9-10,15-16,22,24-27H2,1H3,(H,43,44,48)/t33-,34+,40?,41?/m1/s1. The summed E-state index contributed by atoms with van der Waals surface area (Å²) in [6.45, 7) is 2.74. The average Bonchev–Trinajstić information content (AvgIpc) is 3.52. The van der Waals surface area contributed by atoms with Crippen molar-refractivity contribution >= 4 is 22.9 Å². The maximum Gasteiger partial charge on any atom is 0.410 e. The summed E-state index contributed by atoms with van der Waals surface area (Å²) in [5.74, 6) is 0.109. The highest BCUT2D eigenvalue weighted by Gasteiger charge is 2.68. The number of hydrogen-bond donors (Lipinski definition) is 2. The van der Waals surface area contributed by atoms with Crippen LogP contribution in [0.5, 0.6) is 0 Å². The van der Waals surface area contributed by atoms with Crippen LogP contribution in [0.1, 0.15) is 91.5 Å². The molecule has 3 heterocycles. The van der Waals surface area contributed by atoms with Crippen LogP contribution in [0.3, 0.4) is 0 Å². The molecule has 5 aromatic rings. The van der Waals surface area contributed by atoms with E-state index in [-0.39, 0.29) is 47.2 Å². The van der Waals surface area contributed by atoms with Crippen LogP contribution in [-0.4, -0.2) is 49.4 Å². The van der Waals surface area contributed by atoms with Gasteiger partial charge in [0.15, 0.2) is 5.78 Å². The number of fused-ring (bicyclic) bond motifs is 1. The fourth-order valence-electron chi connectivity index (χ4n) is 8.67. The molecule has 2 aromatic heterocycles. The Morgan fingerprint density at radius 1 is 0.960 bits per heavy atom. The SMILES string of the molecule is CCC[C@@H]1CCC[C@@H](c2ccc(-n3cc4cc(C56CC(NCC(=O)c7ccccc7)(C5)C6)[nH]c4nc3=O)cc2)N1C(=O)OCc1ccccc1. The number of H-pyrrole nitrogens is 1. The first-order valence-corrected chi connectivity index (χ1v) is 17.9. The van der Waals surface area contributed by atoms with E-state index in [0.717, 1.165) is 84.8 Å². The summed E-state index contributed by atoms with van der Waals surface area (Å²) in [5, 5.41) is 4.41. The monoisotopic (exact) mass is 669 g/mol. The van der Waals surface area contributed by atoms with E-state index in [1.807, 2.05) is 96.0 Å². The Labute approximate surface area is 291 Å². The molecule has 0 radical (unpaired) electrons. The number of likely N-dealkylation sites (tertiary alicyclic amines) is 1. The van der Waals surface area contributed by atoms with Crippen LogP contribution >= 0.6 is 0 Å². The molecule has 9 rings (SSSR count). The van der Waals surface area contributed by atoms with E-state index in [2.05, 4.69) is 28.3 Å². The van der Waals surface area contributed by atoms with Gasteiger partial charge in [0.1, 0.15) is 12.3 Å². The molecule has 256 valence electrons. The molecule has 1 amide bonds. The van der Waals surface area contributed by atoms with Crippen LogP contribution in [0.4, 0.5) is 4.79 Å². The van der Waals surface area contributed by atoms with Crippen LogP contribution in [-0.2, 0) is 16.8 Å². The molecule has 2 bridgehead atoms. The first kappa shape index (κ1) is 32.2. The fourth-order valence-corrected chi connectivity index (χ4v) is 8.67. The van der Waals surface area contributed by atoms with Crippen molar-refractivity contribution in [1.29, 1.82) is 0 Å². The highest BCUT2D eigenvalue weighted by atomic mass is 16.6. The van der Waals surface area contributed by atoms with Crippen molar-refractivity contribution in [3.63, 3.8) is 0 Å². The Morgan fingerprint density at radius 3 is 2.40 bits per heavy atom. The number of aromatic amines is 1. The number of ether oxygens (including phenoxy) is 1. The number of carbonyl (C=O) groups is 2. The number of hydrogen-bond acceptors (Lipinski definition) is 6. The third kappa shape index (κ3) is 5.93. The first-order valence-electron chi connectivity index (χ1n) is 17.9. The summed E-state index contributed by atoms with van der Waals surface area (Å²) >= 11 is 0. The molecule has 50 heavy (non-hydrogen) atoms. The van der Waals surface area contributed by atoms with E-state index >= 15 is 0 Å². The second kappa shape index (κ2) is 13.0. The molecule has 3 aromatic carbocycles. The van der Waals surface area contributed by atoms with Gasteiger partial charge < -0.3 is 15.0 Å². The molecule has 3 saturated carbocycles. The summed E-state index contributed by atoms with van der Waals surface area (Å²) in [5.41, 5.74) is 4.85. The highest BCUT2D eigenvalue weighted by molar-refractivity contribution is 5.97. The van der Waals surface area contributed by atoms with Gasteiger partial charge in [-0.2, -0.15) is 4.98 Å². The summed E-state index contributed by atoms with van der Waals surface area (Å²) in [7, 11) is 0. The normalized spacial score (nSPS) is 24.0. The maximum absolute atomic E-state index is 13.6. The molecular weight excluding hydrogens is 626 g/mol. The Kier molecular flexibility index (Phi) is 8.39. The van der Waals surface area contributed by atoms with Crippen molar-refractivity contribution in [3.05, 3.63) is 130 Å². The van der Waals surface area contributed by atoms with Gasteiger partial charge in [-0.05, 0) is 74.3 Å². The van der Waals surface area contributed by atoms with Crippen LogP contribution in [0, 0.1) is 0 Å². The third-order valence-corrected chi connectivity index (χ3v) is 11.2. The van der Waals surface area contributed by atoms with Gasteiger partial charge in [0.05, 0.1) is 18.3 Å². The molecule has 9 nitrogen and oxygen atoms in total. The molecule has 1 saturated heterocycles. The van der Waals surface area contributed by atoms with Gasteiger partial charge in [-0.25, -0.2) is 9.59 Å². The second-order valence-electron chi connectivity index (χ2n) is 14.5. The third-order valence-electron chi connectivity index (χ3n) is 11.2. The van der Waals surface area contributed by atoms with Gasteiger partial charge in [-0.3, -0.25) is 14.3 Å². The van der Waals surface area contributed by atoms with Crippen LogP contribution in [0.25, 0.3) is 16.7 Å². The van der Waals surface area contributed by atoms with Gasteiger partial charge in [0.2, 0.25) is 0 Å². The summed E-state index contributed by atoms with van der Waals surface area (Å²) in [6, 6.07) is 29.3. The minimum Gasteiger partial charge on any atom is -0.445 e. The first-order chi connectivity index (χ1) is 24.4. The van der Waals surface area contributed by atoms with Gasteiger partial charge >= 0.3 is 11.8 Å². The lowest BCUT2D eigenvalue weighted by atomic mass is 9.38. The van der Waals surface area contributed by atoms with Crippen molar-refractivity contribution in [2.75, 3.05) is 6.54 Å². The van der Waals surface area contributed by atoms with Crippen LogP contribution in [0.2, 0.25) is 0 Å². The van der Waals surface area contributed by atoms with Crippen molar-refractivity contribution < 1.29 is 14.3 Å². The van der Waals surface area contributed by atoms with Gasteiger partial charge in [0.25, 0.3) is 0 Å². The van der Waals surface area contributed by atoms with E-state index in [4.69, 9.17) is 4.74 Å². The molecule has 0 unspecified atom stereocenters. The zero-order valence-corrected chi connectivity index (χ0v) is 28.4. The number of rotatable bonds is 11. The molecule has 9 heteroatoms. The quantitative estimate of drug-likeness (QED) is 0.142. The van der Waals surface area contributed by atoms with Gasteiger partial charge in [-0.15, -0.1) is 0 Å². The summed E-state index contributed by atoms with van der Waals surface area (Å²) in [6.07, 6.45) is 9.25. The minimum atomic E-state index is -0.347. The number of nitrogens with one attached hydrogen (secondary N) is 2. The summed E-state index contributed by atoms with van der Waals surface area (Å²) in [4.78, 5) is 49.2. The molecule has 4 aliphatic rings. The van der Waals surface area contributed by atoms with Crippen molar-refractivity contribution in [2.24, 2.45) is 0 Å².